The van der Waals surface area contributed by atoms with Gasteiger partial charge in [-0.25, -0.2) is 0 Å². The predicted octanol–water partition coefficient (Wildman–Crippen LogP) is 3.40. The largest absolute Gasteiger partial charge is 0.382 e. The second-order valence-electron chi connectivity index (χ2n) is 8.35. The molecule has 31 heavy (non-hydrogen) atoms. The van der Waals surface area contributed by atoms with Crippen molar-refractivity contribution in [2.24, 2.45) is 11.7 Å². The van der Waals surface area contributed by atoms with Crippen molar-refractivity contribution >= 4 is 11.6 Å². The smallest absolute Gasteiger partial charge is 0.268 e. The number of carbonyl (C=O) groups is 1. The van der Waals surface area contributed by atoms with Gasteiger partial charge in [-0.15, -0.1) is 0 Å². The predicted molar refractivity (Wildman–Crippen MR) is 123 cm³/mol. The van der Waals surface area contributed by atoms with Gasteiger partial charge >= 0.3 is 0 Å². The number of nitrogens with one attached hydrogen (secondary N) is 1. The number of nitrogens with two attached hydrogens (primary N) is 1. The summed E-state index contributed by atoms with van der Waals surface area (Å²) in [6, 6.07) is 19.0. The highest BCUT2D eigenvalue weighted by Crippen LogP contribution is 2.27. The van der Waals surface area contributed by atoms with Gasteiger partial charge in [0.25, 0.3) is 5.91 Å². The van der Waals surface area contributed by atoms with E-state index in [9.17, 15) is 9.90 Å². The monoisotopic (exact) mass is 425 g/mol. The Hall–Kier alpha value is -2.41. The van der Waals surface area contributed by atoms with Crippen LogP contribution >= 0.6 is 0 Å². The molecule has 0 spiro atoms. The number of hydrogen-bond donors (Lipinski definition) is 3. The third-order valence-electron chi connectivity index (χ3n) is 5.89. The molecule has 1 aliphatic carbocycles. The van der Waals surface area contributed by atoms with Gasteiger partial charge in [0.05, 0.1) is 25.4 Å². The summed E-state index contributed by atoms with van der Waals surface area (Å²) >= 11 is 0. The van der Waals surface area contributed by atoms with E-state index in [-0.39, 0.29) is 0 Å². The normalized spacial score (nSPS) is 16.5. The molecule has 0 saturated heterocycles. The summed E-state index contributed by atoms with van der Waals surface area (Å²) in [4.78, 5) is 12.7. The molecule has 0 bridgehead atoms. The van der Waals surface area contributed by atoms with Crippen LogP contribution in [0.15, 0.2) is 60.7 Å². The zero-order valence-corrected chi connectivity index (χ0v) is 18.2. The Kier molecular flexibility index (Phi) is 9.34. The number of rotatable bonds is 11. The van der Waals surface area contributed by atoms with Crippen molar-refractivity contribution in [3.8, 4) is 0 Å². The van der Waals surface area contributed by atoms with E-state index < -0.39 is 18.1 Å². The average Bonchev–Trinajstić information content (AvgIpc) is 2.82. The van der Waals surface area contributed by atoms with Gasteiger partial charge in [0.1, 0.15) is 6.10 Å². The van der Waals surface area contributed by atoms with Crippen molar-refractivity contribution in [3.63, 3.8) is 0 Å². The Morgan fingerprint density at radius 2 is 1.71 bits per heavy atom. The maximum atomic E-state index is 12.7. The molecule has 0 aliphatic heterocycles. The third kappa shape index (κ3) is 7.65. The number of hydrogen-bond acceptors (Lipinski definition) is 5. The second kappa shape index (κ2) is 12.4. The van der Waals surface area contributed by atoms with Gasteiger partial charge in [0, 0.05) is 6.04 Å². The highest BCUT2D eigenvalue weighted by molar-refractivity contribution is 5.82. The number of ether oxygens (including phenoxy) is 1. The first-order valence-corrected chi connectivity index (χ1v) is 11.3. The maximum Gasteiger partial charge on any atom is 0.268 e. The van der Waals surface area contributed by atoms with Crippen LogP contribution in [-0.2, 0) is 16.1 Å². The molecule has 2 aromatic carbocycles. The van der Waals surface area contributed by atoms with Crippen molar-refractivity contribution in [3.05, 3.63) is 66.2 Å². The molecule has 6 heteroatoms. The van der Waals surface area contributed by atoms with Crippen molar-refractivity contribution in [1.82, 2.24) is 5.43 Å². The minimum absolute atomic E-state index is 0.425. The molecule has 1 saturated carbocycles. The fourth-order valence-electron chi connectivity index (χ4n) is 4.11. The quantitative estimate of drug-likeness (QED) is 0.379. The van der Waals surface area contributed by atoms with Crippen molar-refractivity contribution in [2.45, 2.75) is 57.3 Å². The highest BCUT2D eigenvalue weighted by atomic mass is 16.5. The summed E-state index contributed by atoms with van der Waals surface area (Å²) in [5.74, 6) is 0.0260. The minimum atomic E-state index is -1.24. The van der Waals surface area contributed by atoms with Crippen LogP contribution in [0, 0.1) is 5.92 Å². The Labute approximate surface area is 185 Å². The number of para-hydroxylation sites is 1. The van der Waals surface area contributed by atoms with E-state index in [0.717, 1.165) is 24.1 Å². The van der Waals surface area contributed by atoms with Crippen molar-refractivity contribution in [2.75, 3.05) is 18.2 Å². The summed E-state index contributed by atoms with van der Waals surface area (Å²) in [6.45, 7) is 1.38. The number of benzene rings is 2. The molecule has 0 radical (unpaired) electrons. The summed E-state index contributed by atoms with van der Waals surface area (Å²) in [5, 5.41) is 12.3. The lowest BCUT2D eigenvalue weighted by Gasteiger charge is -2.29. The van der Waals surface area contributed by atoms with Gasteiger partial charge in [-0.2, -0.15) is 0 Å². The van der Waals surface area contributed by atoms with Crippen LogP contribution in [0.1, 0.15) is 44.1 Å². The fraction of sp³-hybridized carbons (Fsp3) is 0.480. The van der Waals surface area contributed by atoms with E-state index in [2.05, 4.69) is 5.43 Å². The van der Waals surface area contributed by atoms with Crippen LogP contribution in [0.3, 0.4) is 0 Å². The van der Waals surface area contributed by atoms with Crippen molar-refractivity contribution < 1.29 is 14.6 Å². The lowest BCUT2D eigenvalue weighted by atomic mass is 9.84. The molecule has 168 valence electrons. The first-order chi connectivity index (χ1) is 15.1. The van der Waals surface area contributed by atoms with Crippen LogP contribution in [-0.4, -0.2) is 36.3 Å². The van der Waals surface area contributed by atoms with Gasteiger partial charge < -0.3 is 15.6 Å². The van der Waals surface area contributed by atoms with Crippen LogP contribution < -0.4 is 16.2 Å². The van der Waals surface area contributed by atoms with Crippen molar-refractivity contribution in [1.29, 1.82) is 0 Å². The molecule has 0 heterocycles. The summed E-state index contributed by atoms with van der Waals surface area (Å²) in [5.41, 5.74) is 11.0. The summed E-state index contributed by atoms with van der Waals surface area (Å²) < 4.78 is 5.78. The van der Waals surface area contributed by atoms with Gasteiger partial charge in [-0.1, -0.05) is 80.6 Å². The Bertz CT molecular complexity index is 766. The lowest BCUT2D eigenvalue weighted by Crippen LogP contribution is -2.53. The number of nitrogens with zero attached hydrogens (tertiary/aromatic N) is 1. The molecule has 1 unspecified atom stereocenters. The fourth-order valence-corrected chi connectivity index (χ4v) is 4.11. The molecule has 0 aromatic heterocycles. The number of aliphatic hydroxyl groups excluding tert-OH is 1. The SMILES string of the molecule is N[C@H](CC1CCCCC1)C(O)C(=O)NN(CCOCc1ccccc1)c1ccccc1. The molecule has 6 nitrogen and oxygen atoms in total. The van der Waals surface area contributed by atoms with Gasteiger partial charge in [-0.05, 0) is 30.0 Å². The van der Waals surface area contributed by atoms with Gasteiger partial charge in [-0.3, -0.25) is 15.2 Å². The van der Waals surface area contributed by atoms with Crippen LogP contribution in [0.5, 0.6) is 0 Å². The number of carbonyl (C=O) groups excluding carboxylic acids is 1. The summed E-state index contributed by atoms with van der Waals surface area (Å²) in [6.07, 6.45) is 5.41. The molecule has 1 fully saturated rings. The molecular weight excluding hydrogens is 390 g/mol. The second-order valence-corrected chi connectivity index (χ2v) is 8.35. The molecule has 1 aliphatic rings. The zero-order chi connectivity index (χ0) is 21.9. The topological polar surface area (TPSA) is 87.8 Å². The zero-order valence-electron chi connectivity index (χ0n) is 18.2. The highest BCUT2D eigenvalue weighted by Gasteiger charge is 2.27. The number of hydrazine groups is 1. The van der Waals surface area contributed by atoms with Gasteiger partial charge in [0.15, 0.2) is 0 Å². The average molecular weight is 426 g/mol. The number of amides is 1. The van der Waals surface area contributed by atoms with E-state index in [1.807, 2.05) is 60.7 Å². The van der Waals surface area contributed by atoms with Gasteiger partial charge in [0.2, 0.25) is 0 Å². The molecule has 2 aromatic rings. The number of anilines is 1. The van der Waals surface area contributed by atoms with Crippen LogP contribution in [0.2, 0.25) is 0 Å². The van der Waals surface area contributed by atoms with E-state index >= 15 is 0 Å². The standard InChI is InChI=1S/C25H35N3O3/c26-23(18-20-10-4-1-5-11-20)24(29)25(30)27-28(22-14-8-3-9-15-22)16-17-31-19-21-12-6-2-7-13-21/h2-3,6-9,12-15,20,23-24,29H,1,4-5,10-11,16-19,26H2,(H,27,30)/t23-,24?/m1/s1. The van der Waals surface area contributed by atoms with Crippen LogP contribution in [0.25, 0.3) is 0 Å². The van der Waals surface area contributed by atoms with E-state index in [1.54, 1.807) is 5.01 Å². The Morgan fingerprint density at radius 3 is 2.39 bits per heavy atom. The first-order valence-electron chi connectivity index (χ1n) is 11.3. The Balaban J connectivity index is 1.52. The van der Waals surface area contributed by atoms with E-state index in [4.69, 9.17) is 10.5 Å². The van der Waals surface area contributed by atoms with E-state index in [0.29, 0.717) is 32.1 Å². The first kappa shape index (κ1) is 23.3. The molecule has 4 N–H and O–H groups in total. The molecule has 2 atom stereocenters. The maximum absolute atomic E-state index is 12.7. The minimum Gasteiger partial charge on any atom is -0.382 e. The molecular formula is C25H35N3O3. The lowest BCUT2D eigenvalue weighted by molar-refractivity contribution is -0.130. The van der Waals surface area contributed by atoms with E-state index in [1.165, 1.54) is 19.3 Å². The molecule has 3 rings (SSSR count). The summed E-state index contributed by atoms with van der Waals surface area (Å²) in [7, 11) is 0. The number of aliphatic hydroxyl groups is 1. The molecule has 1 amide bonds. The Morgan fingerprint density at radius 1 is 1.06 bits per heavy atom. The third-order valence-corrected chi connectivity index (χ3v) is 5.89. The van der Waals surface area contributed by atoms with Crippen LogP contribution in [0.4, 0.5) is 5.69 Å².